The fraction of sp³-hybridized carbons (Fsp3) is 0.700. The maximum atomic E-state index is 11.6. The molecule has 1 heterocycles. The van der Waals surface area contributed by atoms with Crippen LogP contribution in [0.25, 0.3) is 0 Å². The van der Waals surface area contributed by atoms with Crippen molar-refractivity contribution in [2.45, 2.75) is 37.8 Å². The molecule has 0 aromatic carbocycles. The third kappa shape index (κ3) is 2.38. The van der Waals surface area contributed by atoms with Gasteiger partial charge in [0, 0.05) is 12.5 Å². The molecule has 0 radical (unpaired) electrons. The molecule has 1 aliphatic carbocycles. The highest BCUT2D eigenvalue weighted by atomic mass is 16.2. The Kier molecular flexibility index (Phi) is 2.91. The highest BCUT2D eigenvalue weighted by Crippen LogP contribution is 2.18. The Bertz CT molecular complexity index is 338. The zero-order chi connectivity index (χ0) is 11.7. The van der Waals surface area contributed by atoms with Crippen LogP contribution in [0, 0.1) is 0 Å². The highest BCUT2D eigenvalue weighted by molar-refractivity contribution is 6.03. The molecule has 2 aliphatic rings. The minimum Gasteiger partial charge on any atom is -0.352 e. The second-order valence-corrected chi connectivity index (χ2v) is 4.31. The molecule has 3 amide bonds. The number of nitrogens with two attached hydrogens (primary N) is 1. The maximum Gasteiger partial charge on any atom is 0.246 e. The monoisotopic (exact) mass is 225 g/mol. The predicted molar refractivity (Wildman–Crippen MR) is 55.1 cm³/mol. The number of hydrogen-bond acceptors (Lipinski definition) is 4. The van der Waals surface area contributed by atoms with Crippen molar-refractivity contribution < 1.29 is 14.4 Å². The summed E-state index contributed by atoms with van der Waals surface area (Å²) in [6, 6.07) is -0.414. The predicted octanol–water partition coefficient (Wildman–Crippen LogP) is -1.26. The van der Waals surface area contributed by atoms with Crippen LogP contribution < -0.4 is 11.1 Å². The molecule has 1 saturated carbocycles. The minimum atomic E-state index is -0.647. The standard InChI is InChI=1S/C10H15N3O3/c11-7-3-4-9(15)13(10(7)16)5-8(14)12-6-1-2-6/h6-7H,1-5,11H2,(H,12,14). The van der Waals surface area contributed by atoms with E-state index in [1.807, 2.05) is 0 Å². The number of piperidine rings is 1. The molecule has 0 aromatic heterocycles. The first-order valence-electron chi connectivity index (χ1n) is 5.47. The quantitative estimate of drug-likeness (QED) is 0.586. The van der Waals surface area contributed by atoms with E-state index in [0.717, 1.165) is 17.7 Å². The van der Waals surface area contributed by atoms with Crippen LogP contribution in [0.3, 0.4) is 0 Å². The molecule has 0 spiro atoms. The van der Waals surface area contributed by atoms with Crippen LogP contribution in [0.5, 0.6) is 0 Å². The van der Waals surface area contributed by atoms with Gasteiger partial charge in [-0.3, -0.25) is 19.3 Å². The van der Waals surface area contributed by atoms with E-state index < -0.39 is 11.9 Å². The van der Waals surface area contributed by atoms with Crippen molar-refractivity contribution in [3.05, 3.63) is 0 Å². The molecule has 1 saturated heterocycles. The molecule has 6 heteroatoms. The molecule has 0 aromatic rings. The lowest BCUT2D eigenvalue weighted by Crippen LogP contribution is -2.54. The molecule has 0 bridgehead atoms. The maximum absolute atomic E-state index is 11.6. The van der Waals surface area contributed by atoms with E-state index in [-0.39, 0.29) is 30.8 Å². The first-order valence-corrected chi connectivity index (χ1v) is 5.47. The van der Waals surface area contributed by atoms with Gasteiger partial charge in [-0.1, -0.05) is 0 Å². The van der Waals surface area contributed by atoms with Gasteiger partial charge >= 0.3 is 0 Å². The number of nitrogens with zero attached hydrogens (tertiary/aromatic N) is 1. The van der Waals surface area contributed by atoms with Crippen molar-refractivity contribution in [2.75, 3.05) is 6.54 Å². The van der Waals surface area contributed by atoms with Crippen molar-refractivity contribution >= 4 is 17.7 Å². The van der Waals surface area contributed by atoms with Gasteiger partial charge in [0.15, 0.2) is 0 Å². The number of nitrogens with one attached hydrogen (secondary N) is 1. The van der Waals surface area contributed by atoms with Crippen LogP contribution in [0.15, 0.2) is 0 Å². The van der Waals surface area contributed by atoms with Gasteiger partial charge in [-0.25, -0.2) is 0 Å². The fourth-order valence-electron chi connectivity index (χ4n) is 1.67. The van der Waals surface area contributed by atoms with Crippen LogP contribution in [0.1, 0.15) is 25.7 Å². The van der Waals surface area contributed by atoms with Gasteiger partial charge in [0.05, 0.1) is 6.04 Å². The number of carbonyl (C=O) groups excluding carboxylic acids is 3. The second kappa shape index (κ2) is 4.21. The van der Waals surface area contributed by atoms with Gasteiger partial charge in [0.2, 0.25) is 17.7 Å². The molecule has 3 N–H and O–H groups in total. The molecule has 2 rings (SSSR count). The van der Waals surface area contributed by atoms with Gasteiger partial charge in [0.25, 0.3) is 0 Å². The van der Waals surface area contributed by atoms with Crippen LogP contribution in [-0.4, -0.2) is 41.2 Å². The summed E-state index contributed by atoms with van der Waals surface area (Å²) in [4.78, 5) is 35.5. The van der Waals surface area contributed by atoms with Crippen LogP contribution >= 0.6 is 0 Å². The van der Waals surface area contributed by atoms with E-state index in [9.17, 15) is 14.4 Å². The van der Waals surface area contributed by atoms with E-state index in [1.165, 1.54) is 0 Å². The van der Waals surface area contributed by atoms with Crippen molar-refractivity contribution in [2.24, 2.45) is 5.73 Å². The zero-order valence-corrected chi connectivity index (χ0v) is 8.94. The molecule has 1 atom stereocenters. The Morgan fingerprint density at radius 2 is 2.06 bits per heavy atom. The van der Waals surface area contributed by atoms with Crippen LogP contribution in [0.4, 0.5) is 0 Å². The van der Waals surface area contributed by atoms with Crippen LogP contribution in [-0.2, 0) is 14.4 Å². The summed E-state index contributed by atoms with van der Waals surface area (Å²) in [6.07, 6.45) is 2.57. The Morgan fingerprint density at radius 3 is 2.69 bits per heavy atom. The van der Waals surface area contributed by atoms with E-state index in [0.29, 0.717) is 6.42 Å². The van der Waals surface area contributed by atoms with E-state index >= 15 is 0 Å². The number of imide groups is 1. The lowest BCUT2D eigenvalue weighted by molar-refractivity contribution is -0.151. The van der Waals surface area contributed by atoms with Crippen molar-refractivity contribution in [3.63, 3.8) is 0 Å². The van der Waals surface area contributed by atoms with E-state index in [2.05, 4.69) is 5.32 Å². The smallest absolute Gasteiger partial charge is 0.246 e. The van der Waals surface area contributed by atoms with E-state index in [1.54, 1.807) is 0 Å². The Labute approximate surface area is 93.1 Å². The SMILES string of the molecule is NC1CCC(=O)N(CC(=O)NC2CC2)C1=O. The van der Waals surface area contributed by atoms with Crippen molar-refractivity contribution in [1.82, 2.24) is 10.2 Å². The van der Waals surface area contributed by atoms with Gasteiger partial charge in [-0.05, 0) is 19.3 Å². The third-order valence-corrected chi connectivity index (χ3v) is 2.80. The molecule has 2 fully saturated rings. The molecule has 88 valence electrons. The van der Waals surface area contributed by atoms with Gasteiger partial charge in [-0.15, -0.1) is 0 Å². The average molecular weight is 225 g/mol. The fourth-order valence-corrected chi connectivity index (χ4v) is 1.67. The summed E-state index contributed by atoms with van der Waals surface area (Å²) in [5, 5.41) is 2.73. The number of likely N-dealkylation sites (tertiary alicyclic amines) is 1. The highest BCUT2D eigenvalue weighted by Gasteiger charge is 2.34. The Hall–Kier alpha value is -1.43. The van der Waals surface area contributed by atoms with Crippen molar-refractivity contribution in [1.29, 1.82) is 0 Å². The lowest BCUT2D eigenvalue weighted by Gasteiger charge is -2.28. The first kappa shape index (κ1) is 11.1. The van der Waals surface area contributed by atoms with Gasteiger partial charge < -0.3 is 11.1 Å². The summed E-state index contributed by atoms with van der Waals surface area (Å²) < 4.78 is 0. The minimum absolute atomic E-state index is 0.193. The Morgan fingerprint density at radius 1 is 1.38 bits per heavy atom. The van der Waals surface area contributed by atoms with Gasteiger partial charge in [0.1, 0.15) is 6.54 Å². The summed E-state index contributed by atoms with van der Waals surface area (Å²) >= 11 is 0. The van der Waals surface area contributed by atoms with Gasteiger partial charge in [-0.2, -0.15) is 0 Å². The zero-order valence-electron chi connectivity index (χ0n) is 8.94. The third-order valence-electron chi connectivity index (χ3n) is 2.80. The molecule has 16 heavy (non-hydrogen) atoms. The summed E-state index contributed by atoms with van der Waals surface area (Å²) in [7, 11) is 0. The average Bonchev–Trinajstić information content (AvgIpc) is 3.02. The van der Waals surface area contributed by atoms with E-state index in [4.69, 9.17) is 5.73 Å². The number of hydrogen-bond donors (Lipinski definition) is 2. The first-order chi connectivity index (χ1) is 7.58. The molecule has 1 aliphatic heterocycles. The largest absolute Gasteiger partial charge is 0.352 e. The normalized spacial score (nSPS) is 25.8. The number of amides is 3. The lowest BCUT2D eigenvalue weighted by atomic mass is 10.1. The topological polar surface area (TPSA) is 92.5 Å². The summed E-state index contributed by atoms with van der Waals surface area (Å²) in [5.41, 5.74) is 5.55. The summed E-state index contributed by atoms with van der Waals surface area (Å²) in [5.74, 6) is -1.03. The summed E-state index contributed by atoms with van der Waals surface area (Å²) in [6.45, 7) is -0.193. The Balaban J connectivity index is 1.92. The molecular formula is C10H15N3O3. The van der Waals surface area contributed by atoms with Crippen LogP contribution in [0.2, 0.25) is 0 Å². The second-order valence-electron chi connectivity index (χ2n) is 4.31. The molecular weight excluding hydrogens is 210 g/mol. The molecule has 1 unspecified atom stereocenters. The number of carbonyl (C=O) groups is 3. The number of rotatable bonds is 3. The molecule has 6 nitrogen and oxygen atoms in total. The van der Waals surface area contributed by atoms with Crippen molar-refractivity contribution in [3.8, 4) is 0 Å².